The number of rotatable bonds is 4. The average Bonchev–Trinajstić information content (AvgIpc) is 2.69. The lowest BCUT2D eigenvalue weighted by atomic mass is 10.00. The molecule has 0 aliphatic heterocycles. The fraction of sp³-hybridized carbons (Fsp3) is 0.0909. The van der Waals surface area contributed by atoms with Gasteiger partial charge in [0.15, 0.2) is 0 Å². The molecule has 4 nitrogen and oxygen atoms in total. The lowest BCUT2D eigenvalue weighted by molar-refractivity contribution is 0.0962. The Hall–Kier alpha value is -3.18. The molecule has 2 N–H and O–H groups in total. The van der Waals surface area contributed by atoms with Gasteiger partial charge < -0.3 is 10.6 Å². The number of carbonyl (C=O) groups excluding carboxylic acids is 2. The molecular weight excluding hydrogens is 379 g/mol. The maximum Gasteiger partial charge on any atom is 0.255 e. The molecule has 0 aliphatic carbocycles. The number of benzene rings is 3. The molecule has 0 bridgehead atoms. The summed E-state index contributed by atoms with van der Waals surface area (Å²) in [5.74, 6) is -1.32. The van der Waals surface area contributed by atoms with Crippen molar-refractivity contribution in [3.8, 4) is 11.1 Å². The summed E-state index contributed by atoms with van der Waals surface area (Å²) >= 11 is 6.08. The van der Waals surface area contributed by atoms with Gasteiger partial charge in [-0.2, -0.15) is 0 Å². The van der Waals surface area contributed by atoms with Crippen molar-refractivity contribution in [1.29, 1.82) is 0 Å². The SMILES string of the molecule is CNC(=O)c1cc(-c2cc(F)cc(C(=O)Nc3ccccc3C)c2)ccc1Cl. The first-order chi connectivity index (χ1) is 13.4. The first kappa shape index (κ1) is 19.6. The number of aryl methyl sites for hydroxylation is 1. The topological polar surface area (TPSA) is 58.2 Å². The van der Waals surface area contributed by atoms with Crippen molar-refractivity contribution in [2.45, 2.75) is 6.92 Å². The summed E-state index contributed by atoms with van der Waals surface area (Å²) in [5.41, 5.74) is 3.06. The smallest absolute Gasteiger partial charge is 0.255 e. The molecule has 0 spiro atoms. The van der Waals surface area contributed by atoms with E-state index in [0.29, 0.717) is 16.8 Å². The fourth-order valence-corrected chi connectivity index (χ4v) is 3.01. The van der Waals surface area contributed by atoms with Gasteiger partial charge in [0.05, 0.1) is 10.6 Å². The lowest BCUT2D eigenvalue weighted by Crippen LogP contribution is -2.18. The zero-order valence-electron chi connectivity index (χ0n) is 15.3. The van der Waals surface area contributed by atoms with Crippen LogP contribution >= 0.6 is 11.6 Å². The quantitative estimate of drug-likeness (QED) is 0.647. The largest absolute Gasteiger partial charge is 0.355 e. The monoisotopic (exact) mass is 396 g/mol. The van der Waals surface area contributed by atoms with Gasteiger partial charge in [0, 0.05) is 18.3 Å². The van der Waals surface area contributed by atoms with E-state index >= 15 is 0 Å². The molecule has 0 unspecified atom stereocenters. The molecule has 0 saturated heterocycles. The maximum absolute atomic E-state index is 14.2. The van der Waals surface area contributed by atoms with Crippen LogP contribution in [0.5, 0.6) is 0 Å². The van der Waals surface area contributed by atoms with E-state index in [2.05, 4.69) is 10.6 Å². The average molecular weight is 397 g/mol. The minimum atomic E-state index is -0.552. The van der Waals surface area contributed by atoms with E-state index in [1.807, 2.05) is 25.1 Å². The van der Waals surface area contributed by atoms with Crippen molar-refractivity contribution in [3.63, 3.8) is 0 Å². The number of amides is 2. The van der Waals surface area contributed by atoms with Crippen LogP contribution in [-0.4, -0.2) is 18.9 Å². The Bertz CT molecular complexity index is 1070. The molecule has 6 heteroatoms. The summed E-state index contributed by atoms with van der Waals surface area (Å²) in [7, 11) is 1.50. The summed E-state index contributed by atoms with van der Waals surface area (Å²) < 4.78 is 14.2. The maximum atomic E-state index is 14.2. The van der Waals surface area contributed by atoms with E-state index in [1.165, 1.54) is 19.2 Å². The number of hydrogen-bond acceptors (Lipinski definition) is 2. The number of hydrogen-bond donors (Lipinski definition) is 2. The molecule has 3 aromatic rings. The van der Waals surface area contributed by atoms with Crippen LogP contribution in [0.3, 0.4) is 0 Å². The van der Waals surface area contributed by atoms with Crippen LogP contribution in [0.1, 0.15) is 26.3 Å². The summed E-state index contributed by atoms with van der Waals surface area (Å²) in [6.07, 6.45) is 0. The van der Waals surface area contributed by atoms with Gasteiger partial charge in [0.1, 0.15) is 5.82 Å². The molecule has 0 fully saturated rings. The molecule has 0 heterocycles. The molecule has 0 atom stereocenters. The van der Waals surface area contributed by atoms with Crippen molar-refractivity contribution in [2.75, 3.05) is 12.4 Å². The normalized spacial score (nSPS) is 10.4. The molecule has 3 aromatic carbocycles. The fourth-order valence-electron chi connectivity index (χ4n) is 2.81. The first-order valence-electron chi connectivity index (χ1n) is 8.58. The summed E-state index contributed by atoms with van der Waals surface area (Å²) in [6, 6.07) is 16.2. The van der Waals surface area contributed by atoms with Gasteiger partial charge >= 0.3 is 0 Å². The number of para-hydroxylation sites is 1. The first-order valence-corrected chi connectivity index (χ1v) is 8.96. The third-order valence-electron chi connectivity index (χ3n) is 4.32. The van der Waals surface area contributed by atoms with Crippen molar-refractivity contribution in [3.05, 3.63) is 88.2 Å². The minimum absolute atomic E-state index is 0.176. The van der Waals surface area contributed by atoms with Gasteiger partial charge in [0.2, 0.25) is 0 Å². The van der Waals surface area contributed by atoms with Crippen LogP contribution in [-0.2, 0) is 0 Å². The molecule has 0 aliphatic rings. The molecule has 2 amide bonds. The van der Waals surface area contributed by atoms with Gasteiger partial charge in [-0.05, 0) is 60.0 Å². The van der Waals surface area contributed by atoms with Gasteiger partial charge in [-0.25, -0.2) is 4.39 Å². The van der Waals surface area contributed by atoms with E-state index in [4.69, 9.17) is 11.6 Å². The van der Waals surface area contributed by atoms with Crippen molar-refractivity contribution < 1.29 is 14.0 Å². The number of nitrogens with one attached hydrogen (secondary N) is 2. The highest BCUT2D eigenvalue weighted by Gasteiger charge is 2.14. The molecule has 0 saturated carbocycles. The van der Waals surface area contributed by atoms with E-state index in [9.17, 15) is 14.0 Å². The zero-order chi connectivity index (χ0) is 20.3. The zero-order valence-corrected chi connectivity index (χ0v) is 16.1. The van der Waals surface area contributed by atoms with Crippen LogP contribution in [0.4, 0.5) is 10.1 Å². The Balaban J connectivity index is 1.97. The van der Waals surface area contributed by atoms with Crippen molar-refractivity contribution in [1.82, 2.24) is 5.32 Å². The third kappa shape index (κ3) is 4.21. The highest BCUT2D eigenvalue weighted by Crippen LogP contribution is 2.27. The summed E-state index contributed by atoms with van der Waals surface area (Å²) in [4.78, 5) is 24.6. The lowest BCUT2D eigenvalue weighted by Gasteiger charge is -2.11. The predicted molar refractivity (Wildman–Crippen MR) is 109 cm³/mol. The van der Waals surface area contributed by atoms with Crippen LogP contribution < -0.4 is 10.6 Å². The van der Waals surface area contributed by atoms with Crippen LogP contribution in [0.2, 0.25) is 5.02 Å². The Morgan fingerprint density at radius 1 is 0.929 bits per heavy atom. The van der Waals surface area contributed by atoms with E-state index in [0.717, 1.165) is 5.56 Å². The van der Waals surface area contributed by atoms with Crippen LogP contribution in [0.15, 0.2) is 60.7 Å². The van der Waals surface area contributed by atoms with E-state index < -0.39 is 11.7 Å². The second kappa shape index (κ2) is 8.23. The highest BCUT2D eigenvalue weighted by molar-refractivity contribution is 6.34. The molecule has 0 radical (unpaired) electrons. The van der Waals surface area contributed by atoms with Crippen LogP contribution in [0, 0.1) is 12.7 Å². The Morgan fingerprint density at radius 3 is 2.39 bits per heavy atom. The molecule has 142 valence electrons. The summed E-state index contributed by atoms with van der Waals surface area (Å²) in [6.45, 7) is 1.88. The Kier molecular flexibility index (Phi) is 5.76. The third-order valence-corrected chi connectivity index (χ3v) is 4.65. The van der Waals surface area contributed by atoms with Gasteiger partial charge in [-0.1, -0.05) is 35.9 Å². The number of halogens is 2. The molecular formula is C22H18ClFN2O2. The molecule has 3 rings (SSSR count). The Morgan fingerprint density at radius 2 is 1.68 bits per heavy atom. The second-order valence-corrected chi connectivity index (χ2v) is 6.68. The van der Waals surface area contributed by atoms with Gasteiger partial charge in [0.25, 0.3) is 11.8 Å². The minimum Gasteiger partial charge on any atom is -0.355 e. The van der Waals surface area contributed by atoms with Crippen molar-refractivity contribution in [2.24, 2.45) is 0 Å². The van der Waals surface area contributed by atoms with Crippen molar-refractivity contribution >= 4 is 29.1 Å². The second-order valence-electron chi connectivity index (χ2n) is 6.27. The Labute approximate surface area is 167 Å². The predicted octanol–water partition coefficient (Wildman–Crippen LogP) is 5.07. The standard InChI is InChI=1S/C22H18ClFN2O2/c1-13-5-3-4-6-20(13)26-21(27)16-9-15(10-17(24)11-16)14-7-8-19(23)18(12-14)22(28)25-2/h3-12H,1-2H3,(H,25,28)(H,26,27). The van der Waals surface area contributed by atoms with E-state index in [1.54, 1.807) is 30.3 Å². The number of anilines is 1. The molecule has 28 heavy (non-hydrogen) atoms. The van der Waals surface area contributed by atoms with Crippen LogP contribution in [0.25, 0.3) is 11.1 Å². The van der Waals surface area contributed by atoms with Gasteiger partial charge in [-0.15, -0.1) is 0 Å². The van der Waals surface area contributed by atoms with Gasteiger partial charge in [-0.3, -0.25) is 9.59 Å². The number of carbonyl (C=O) groups is 2. The van der Waals surface area contributed by atoms with E-state index in [-0.39, 0.29) is 22.1 Å². The summed E-state index contributed by atoms with van der Waals surface area (Å²) in [5, 5.41) is 5.59. The highest BCUT2D eigenvalue weighted by atomic mass is 35.5. The molecule has 0 aromatic heterocycles.